The van der Waals surface area contributed by atoms with Crippen molar-refractivity contribution in [3.8, 4) is 11.6 Å². The highest BCUT2D eigenvalue weighted by Gasteiger charge is 2.13. The molecule has 122 valence electrons. The van der Waals surface area contributed by atoms with Gasteiger partial charge in [0.1, 0.15) is 11.8 Å². The number of benzene rings is 1. The minimum absolute atomic E-state index is 0.160. The van der Waals surface area contributed by atoms with Gasteiger partial charge in [0.15, 0.2) is 0 Å². The Balaban J connectivity index is 2.02. The van der Waals surface area contributed by atoms with Crippen molar-refractivity contribution >= 4 is 11.6 Å². The number of rotatable bonds is 6. The fraction of sp³-hybridized carbons (Fsp3) is 0.294. The Morgan fingerprint density at radius 3 is 2.74 bits per heavy atom. The van der Waals surface area contributed by atoms with Crippen molar-refractivity contribution in [1.29, 1.82) is 0 Å². The summed E-state index contributed by atoms with van der Waals surface area (Å²) in [7, 11) is 1.49. The molecule has 0 aliphatic carbocycles. The highest BCUT2D eigenvalue weighted by molar-refractivity contribution is 5.94. The summed E-state index contributed by atoms with van der Waals surface area (Å²) in [4.78, 5) is 16.0. The van der Waals surface area contributed by atoms with Crippen molar-refractivity contribution in [2.24, 2.45) is 5.73 Å². The third kappa shape index (κ3) is 4.51. The van der Waals surface area contributed by atoms with E-state index in [4.69, 9.17) is 15.2 Å². The van der Waals surface area contributed by atoms with E-state index in [1.165, 1.54) is 13.3 Å². The Morgan fingerprint density at radius 2 is 2.09 bits per heavy atom. The summed E-state index contributed by atoms with van der Waals surface area (Å²) >= 11 is 0. The Morgan fingerprint density at radius 1 is 1.30 bits per heavy atom. The SMILES string of the molecule is COCC(N)C(=O)Nc1ccc(Oc2cccc(C)c2C)nc1. The normalized spacial score (nSPS) is 11.8. The lowest BCUT2D eigenvalue weighted by Gasteiger charge is -2.12. The van der Waals surface area contributed by atoms with E-state index in [9.17, 15) is 4.79 Å². The zero-order valence-electron chi connectivity index (χ0n) is 13.5. The molecule has 0 fully saturated rings. The first-order valence-electron chi connectivity index (χ1n) is 7.26. The first-order chi connectivity index (χ1) is 11.0. The third-order valence-corrected chi connectivity index (χ3v) is 3.46. The number of nitrogens with one attached hydrogen (secondary N) is 1. The van der Waals surface area contributed by atoms with Gasteiger partial charge >= 0.3 is 0 Å². The van der Waals surface area contributed by atoms with Gasteiger partial charge in [-0.3, -0.25) is 4.79 Å². The van der Waals surface area contributed by atoms with Gasteiger partial charge in [-0.1, -0.05) is 12.1 Å². The van der Waals surface area contributed by atoms with E-state index in [0.717, 1.165) is 16.9 Å². The van der Waals surface area contributed by atoms with Crippen LogP contribution in [0.4, 0.5) is 5.69 Å². The number of ether oxygens (including phenoxy) is 2. The Kier molecular flexibility index (Phi) is 5.67. The van der Waals surface area contributed by atoms with Crippen molar-refractivity contribution < 1.29 is 14.3 Å². The van der Waals surface area contributed by atoms with Gasteiger partial charge in [0.2, 0.25) is 11.8 Å². The second-order valence-corrected chi connectivity index (χ2v) is 5.24. The van der Waals surface area contributed by atoms with E-state index in [-0.39, 0.29) is 12.5 Å². The Bertz CT molecular complexity index is 671. The molecule has 0 spiro atoms. The Labute approximate surface area is 135 Å². The molecular weight excluding hydrogens is 294 g/mol. The van der Waals surface area contributed by atoms with Gasteiger partial charge < -0.3 is 20.5 Å². The molecule has 1 amide bonds. The summed E-state index contributed by atoms with van der Waals surface area (Å²) in [6.07, 6.45) is 1.53. The molecule has 23 heavy (non-hydrogen) atoms. The number of methoxy groups -OCH3 is 1. The molecule has 0 radical (unpaired) electrons. The number of anilines is 1. The number of nitrogens with zero attached hydrogens (tertiary/aromatic N) is 1. The summed E-state index contributed by atoms with van der Waals surface area (Å²) in [5.41, 5.74) is 8.43. The molecule has 6 heteroatoms. The van der Waals surface area contributed by atoms with Crippen LogP contribution in [0.5, 0.6) is 11.6 Å². The largest absolute Gasteiger partial charge is 0.439 e. The van der Waals surface area contributed by atoms with E-state index < -0.39 is 6.04 Å². The van der Waals surface area contributed by atoms with Crippen LogP contribution < -0.4 is 15.8 Å². The van der Waals surface area contributed by atoms with E-state index in [1.54, 1.807) is 12.1 Å². The van der Waals surface area contributed by atoms with Gasteiger partial charge in [0.05, 0.1) is 18.5 Å². The lowest BCUT2D eigenvalue weighted by Crippen LogP contribution is -2.39. The summed E-state index contributed by atoms with van der Waals surface area (Å²) < 4.78 is 10.6. The van der Waals surface area contributed by atoms with Crippen LogP contribution in [-0.2, 0) is 9.53 Å². The van der Waals surface area contributed by atoms with Gasteiger partial charge in [-0.05, 0) is 37.1 Å². The van der Waals surface area contributed by atoms with Gasteiger partial charge in [-0.2, -0.15) is 0 Å². The summed E-state index contributed by atoms with van der Waals surface area (Å²) in [6, 6.07) is 8.54. The molecule has 0 aliphatic heterocycles. The molecule has 0 saturated carbocycles. The van der Waals surface area contributed by atoms with Crippen LogP contribution in [0.25, 0.3) is 0 Å². The average Bonchev–Trinajstić information content (AvgIpc) is 2.54. The number of carbonyl (C=O) groups is 1. The maximum absolute atomic E-state index is 11.8. The quantitative estimate of drug-likeness (QED) is 0.855. The molecule has 3 N–H and O–H groups in total. The fourth-order valence-electron chi connectivity index (χ4n) is 1.95. The van der Waals surface area contributed by atoms with E-state index >= 15 is 0 Å². The highest BCUT2D eigenvalue weighted by Crippen LogP contribution is 2.26. The van der Waals surface area contributed by atoms with Crippen molar-refractivity contribution in [3.63, 3.8) is 0 Å². The highest BCUT2D eigenvalue weighted by atomic mass is 16.5. The number of carbonyl (C=O) groups excluding carboxylic acids is 1. The van der Waals surface area contributed by atoms with Crippen molar-refractivity contribution in [1.82, 2.24) is 4.98 Å². The molecular formula is C17H21N3O3. The van der Waals surface area contributed by atoms with Crippen LogP contribution in [-0.4, -0.2) is 30.6 Å². The number of nitrogens with two attached hydrogens (primary N) is 1. The smallest absolute Gasteiger partial charge is 0.243 e. The Hall–Kier alpha value is -2.44. The second kappa shape index (κ2) is 7.71. The zero-order valence-corrected chi connectivity index (χ0v) is 13.5. The van der Waals surface area contributed by atoms with Crippen LogP contribution in [0.1, 0.15) is 11.1 Å². The molecule has 6 nitrogen and oxygen atoms in total. The topological polar surface area (TPSA) is 86.5 Å². The van der Waals surface area contributed by atoms with Crippen molar-refractivity contribution in [3.05, 3.63) is 47.7 Å². The van der Waals surface area contributed by atoms with Gasteiger partial charge in [-0.15, -0.1) is 0 Å². The average molecular weight is 315 g/mol. The first kappa shape index (κ1) is 16.9. The molecule has 1 unspecified atom stereocenters. The zero-order chi connectivity index (χ0) is 16.8. The van der Waals surface area contributed by atoms with Gasteiger partial charge in [-0.25, -0.2) is 4.98 Å². The molecule has 1 aromatic carbocycles. The molecule has 2 aromatic rings. The minimum Gasteiger partial charge on any atom is -0.439 e. The third-order valence-electron chi connectivity index (χ3n) is 3.46. The molecule has 0 bridgehead atoms. The fourth-order valence-corrected chi connectivity index (χ4v) is 1.95. The van der Waals surface area contributed by atoms with E-state index in [1.807, 2.05) is 32.0 Å². The molecule has 0 aliphatic rings. The van der Waals surface area contributed by atoms with Crippen LogP contribution >= 0.6 is 0 Å². The second-order valence-electron chi connectivity index (χ2n) is 5.24. The molecule has 1 atom stereocenters. The van der Waals surface area contributed by atoms with Crippen LogP contribution in [0.15, 0.2) is 36.5 Å². The number of amides is 1. The molecule has 1 aromatic heterocycles. The molecule has 2 rings (SSSR count). The maximum Gasteiger partial charge on any atom is 0.243 e. The predicted molar refractivity (Wildman–Crippen MR) is 88.7 cm³/mol. The van der Waals surface area contributed by atoms with Crippen LogP contribution in [0.3, 0.4) is 0 Å². The summed E-state index contributed by atoms with van der Waals surface area (Å²) in [5, 5.41) is 2.68. The van der Waals surface area contributed by atoms with E-state index in [0.29, 0.717) is 11.6 Å². The number of hydrogen-bond acceptors (Lipinski definition) is 5. The number of aromatic nitrogens is 1. The lowest BCUT2D eigenvalue weighted by molar-refractivity contribution is -0.118. The van der Waals surface area contributed by atoms with Crippen LogP contribution in [0, 0.1) is 13.8 Å². The minimum atomic E-state index is -0.717. The number of pyridine rings is 1. The van der Waals surface area contributed by atoms with Gasteiger partial charge in [0, 0.05) is 13.2 Å². The molecule has 1 heterocycles. The monoisotopic (exact) mass is 315 g/mol. The number of hydrogen-bond donors (Lipinski definition) is 2. The summed E-state index contributed by atoms with van der Waals surface area (Å²) in [5.74, 6) is 0.895. The van der Waals surface area contributed by atoms with Crippen molar-refractivity contribution in [2.75, 3.05) is 19.0 Å². The van der Waals surface area contributed by atoms with E-state index in [2.05, 4.69) is 10.3 Å². The number of aryl methyl sites for hydroxylation is 1. The maximum atomic E-state index is 11.8. The van der Waals surface area contributed by atoms with Crippen molar-refractivity contribution in [2.45, 2.75) is 19.9 Å². The predicted octanol–water partition coefficient (Wildman–Crippen LogP) is 2.40. The summed E-state index contributed by atoms with van der Waals surface area (Å²) in [6.45, 7) is 4.18. The molecule has 0 saturated heterocycles. The standard InChI is InChI=1S/C17H21N3O3/c1-11-5-4-6-15(12(11)2)23-16-8-7-13(9-19-16)20-17(21)14(18)10-22-3/h4-9,14H,10,18H2,1-3H3,(H,20,21). The van der Waals surface area contributed by atoms with Gasteiger partial charge in [0.25, 0.3) is 0 Å². The first-order valence-corrected chi connectivity index (χ1v) is 7.26. The lowest BCUT2D eigenvalue weighted by atomic mass is 10.1. The van der Waals surface area contributed by atoms with Crippen LogP contribution in [0.2, 0.25) is 0 Å².